The number of likely N-dealkylation sites (N-methyl/N-ethyl adjacent to an activating group) is 2. The lowest BCUT2D eigenvalue weighted by Gasteiger charge is -2.33. The number of fused-ring (bicyclic) bond motifs is 1. The normalized spacial score (nSPS) is 12.8. The Bertz CT molecular complexity index is 704. The molecular weight excluding hydrogens is 304 g/mol. The number of para-hydroxylation sites is 1. The van der Waals surface area contributed by atoms with E-state index in [2.05, 4.69) is 42.3 Å². The van der Waals surface area contributed by atoms with Gasteiger partial charge in [-0.2, -0.15) is 0 Å². The second kappa shape index (κ2) is 6.57. The van der Waals surface area contributed by atoms with E-state index in [1.54, 1.807) is 0 Å². The smallest absolute Gasteiger partial charge is 0.375 e. The highest BCUT2D eigenvalue weighted by atomic mass is 16.6. The van der Waals surface area contributed by atoms with Crippen molar-refractivity contribution in [3.8, 4) is 0 Å². The highest BCUT2D eigenvalue weighted by Gasteiger charge is 2.30. The van der Waals surface area contributed by atoms with Crippen molar-refractivity contribution in [2.75, 3.05) is 55.4 Å². The molecule has 1 aromatic carbocycles. The zero-order valence-corrected chi connectivity index (χ0v) is 15.9. The summed E-state index contributed by atoms with van der Waals surface area (Å²) in [5.41, 5.74) is 1.56. The second-order valence-electron chi connectivity index (χ2n) is 8.53. The molecule has 5 heteroatoms. The molecule has 132 valence electrons. The predicted octanol–water partition coefficient (Wildman–Crippen LogP) is 2.68. The van der Waals surface area contributed by atoms with Gasteiger partial charge in [-0.05, 0) is 13.0 Å². The van der Waals surface area contributed by atoms with E-state index in [1.807, 2.05) is 31.2 Å². The van der Waals surface area contributed by atoms with E-state index in [0.29, 0.717) is 5.76 Å². The van der Waals surface area contributed by atoms with E-state index >= 15 is 0 Å². The van der Waals surface area contributed by atoms with Gasteiger partial charge in [0.1, 0.15) is 18.7 Å². The van der Waals surface area contributed by atoms with Gasteiger partial charge in [-0.1, -0.05) is 18.2 Å². The van der Waals surface area contributed by atoms with E-state index in [4.69, 9.17) is 9.15 Å². The summed E-state index contributed by atoms with van der Waals surface area (Å²) >= 11 is 0. The van der Waals surface area contributed by atoms with Crippen LogP contribution in [0.15, 0.2) is 28.7 Å². The monoisotopic (exact) mass is 334 g/mol. The van der Waals surface area contributed by atoms with Crippen molar-refractivity contribution in [3.05, 3.63) is 35.6 Å². The van der Waals surface area contributed by atoms with E-state index in [9.17, 15) is 4.79 Å². The third kappa shape index (κ3) is 4.82. The standard InChI is InChI=1S/C19H30N2O3/c1-14-16-10-8-9-11-17(16)24-18(14)19(22)23-15(12-20(2,3)4)13-21(5,6)7/h8-11,15H,12-13H2,1-7H3/q+2. The first-order valence-corrected chi connectivity index (χ1v) is 8.26. The Kier molecular flexibility index (Phi) is 5.06. The molecule has 0 aliphatic rings. The van der Waals surface area contributed by atoms with E-state index in [-0.39, 0.29) is 12.1 Å². The summed E-state index contributed by atoms with van der Waals surface area (Å²) in [5, 5.41) is 0.958. The highest BCUT2D eigenvalue weighted by molar-refractivity contribution is 5.95. The maximum Gasteiger partial charge on any atom is 0.375 e. The van der Waals surface area contributed by atoms with Crippen molar-refractivity contribution in [2.24, 2.45) is 0 Å². The highest BCUT2D eigenvalue weighted by Crippen LogP contribution is 2.26. The number of hydrogen-bond donors (Lipinski definition) is 0. The Labute approximate surface area is 144 Å². The minimum atomic E-state index is -0.379. The molecule has 2 aromatic rings. The van der Waals surface area contributed by atoms with Gasteiger partial charge in [0, 0.05) is 10.9 Å². The van der Waals surface area contributed by atoms with Gasteiger partial charge in [0.2, 0.25) is 5.76 Å². The van der Waals surface area contributed by atoms with Gasteiger partial charge in [0.25, 0.3) is 0 Å². The number of carbonyl (C=O) groups excluding carboxylic acids is 1. The van der Waals surface area contributed by atoms with Crippen LogP contribution in [0, 0.1) is 6.92 Å². The molecule has 0 spiro atoms. The number of ether oxygens (including phenoxy) is 1. The molecule has 0 bridgehead atoms. The van der Waals surface area contributed by atoms with Crippen LogP contribution in [-0.2, 0) is 4.74 Å². The zero-order chi connectivity index (χ0) is 18.1. The number of quaternary nitrogens is 2. The van der Waals surface area contributed by atoms with Crippen molar-refractivity contribution >= 4 is 16.9 Å². The molecule has 24 heavy (non-hydrogen) atoms. The lowest BCUT2D eigenvalue weighted by Crippen LogP contribution is -2.51. The van der Waals surface area contributed by atoms with Crippen LogP contribution in [0.3, 0.4) is 0 Å². The van der Waals surface area contributed by atoms with Crippen LogP contribution >= 0.6 is 0 Å². The Morgan fingerprint density at radius 1 is 1.04 bits per heavy atom. The molecule has 0 aliphatic carbocycles. The van der Waals surface area contributed by atoms with Crippen LogP contribution in [0.4, 0.5) is 0 Å². The molecule has 0 fully saturated rings. The fraction of sp³-hybridized carbons (Fsp3) is 0.526. The quantitative estimate of drug-likeness (QED) is 0.602. The van der Waals surface area contributed by atoms with Crippen LogP contribution in [0.5, 0.6) is 0 Å². The molecular formula is C19H30N2O3+2. The Hall–Kier alpha value is -1.85. The molecule has 0 aliphatic heterocycles. The molecule has 1 heterocycles. The Balaban J connectivity index is 2.23. The van der Waals surface area contributed by atoms with Crippen molar-refractivity contribution in [2.45, 2.75) is 13.0 Å². The van der Waals surface area contributed by atoms with Gasteiger partial charge in [-0.15, -0.1) is 0 Å². The van der Waals surface area contributed by atoms with Gasteiger partial charge in [-0.25, -0.2) is 4.79 Å². The first kappa shape index (κ1) is 18.5. The van der Waals surface area contributed by atoms with Crippen molar-refractivity contribution in [3.63, 3.8) is 0 Å². The Morgan fingerprint density at radius 3 is 2.08 bits per heavy atom. The summed E-state index contributed by atoms with van der Waals surface area (Å²) in [6.45, 7) is 3.40. The summed E-state index contributed by atoms with van der Waals surface area (Å²) in [6, 6.07) is 7.67. The molecule has 0 amide bonds. The van der Waals surface area contributed by atoms with Gasteiger partial charge in [0.15, 0.2) is 6.10 Å². The molecule has 0 unspecified atom stereocenters. The number of carbonyl (C=O) groups is 1. The van der Waals surface area contributed by atoms with Gasteiger partial charge in [-0.3, -0.25) is 0 Å². The van der Waals surface area contributed by atoms with Crippen molar-refractivity contribution in [1.82, 2.24) is 0 Å². The summed E-state index contributed by atoms with van der Waals surface area (Å²) in [5.74, 6) is -0.0698. The molecule has 1 aromatic heterocycles. The number of nitrogens with zero attached hydrogens (tertiary/aromatic N) is 2. The third-order valence-corrected chi connectivity index (χ3v) is 3.81. The molecule has 2 rings (SSSR count). The van der Waals surface area contributed by atoms with Crippen LogP contribution in [0.1, 0.15) is 16.1 Å². The molecule has 0 radical (unpaired) electrons. The number of furan rings is 1. The lowest BCUT2D eigenvalue weighted by molar-refractivity contribution is -0.895. The maximum absolute atomic E-state index is 12.7. The summed E-state index contributed by atoms with van der Waals surface area (Å²) in [7, 11) is 12.6. The summed E-state index contributed by atoms with van der Waals surface area (Å²) in [6.07, 6.45) is -0.176. The first-order chi connectivity index (χ1) is 11.0. The minimum absolute atomic E-state index is 0.176. The van der Waals surface area contributed by atoms with Crippen LogP contribution in [0.2, 0.25) is 0 Å². The first-order valence-electron chi connectivity index (χ1n) is 8.26. The predicted molar refractivity (Wildman–Crippen MR) is 96.0 cm³/mol. The summed E-state index contributed by atoms with van der Waals surface area (Å²) < 4.78 is 13.0. The average Bonchev–Trinajstić information content (AvgIpc) is 2.73. The topological polar surface area (TPSA) is 39.4 Å². The fourth-order valence-corrected chi connectivity index (χ4v) is 2.93. The molecule has 0 saturated carbocycles. The molecule has 0 atom stereocenters. The maximum atomic E-state index is 12.7. The lowest BCUT2D eigenvalue weighted by atomic mass is 10.1. The summed E-state index contributed by atoms with van der Waals surface area (Å²) in [4.78, 5) is 12.7. The van der Waals surface area contributed by atoms with Crippen LogP contribution in [0.25, 0.3) is 11.0 Å². The molecule has 0 N–H and O–H groups in total. The Morgan fingerprint density at radius 2 is 1.58 bits per heavy atom. The average molecular weight is 334 g/mol. The zero-order valence-electron chi connectivity index (χ0n) is 15.9. The van der Waals surface area contributed by atoms with Crippen LogP contribution < -0.4 is 0 Å². The van der Waals surface area contributed by atoms with E-state index in [1.165, 1.54) is 0 Å². The van der Waals surface area contributed by atoms with Gasteiger partial charge in [0.05, 0.1) is 42.3 Å². The molecule has 5 nitrogen and oxygen atoms in total. The van der Waals surface area contributed by atoms with Crippen LogP contribution in [-0.4, -0.2) is 76.4 Å². The van der Waals surface area contributed by atoms with E-state index in [0.717, 1.165) is 38.6 Å². The van der Waals surface area contributed by atoms with Crippen molar-refractivity contribution < 1.29 is 22.9 Å². The number of esters is 1. The largest absolute Gasteiger partial charge is 0.449 e. The fourth-order valence-electron chi connectivity index (χ4n) is 2.93. The number of hydrogen-bond acceptors (Lipinski definition) is 3. The van der Waals surface area contributed by atoms with Gasteiger partial charge < -0.3 is 18.1 Å². The number of rotatable bonds is 6. The second-order valence-corrected chi connectivity index (χ2v) is 8.53. The van der Waals surface area contributed by atoms with Crippen molar-refractivity contribution in [1.29, 1.82) is 0 Å². The SMILES string of the molecule is Cc1c(C(=O)OC(C[N+](C)(C)C)C[N+](C)(C)C)oc2ccccc12. The van der Waals surface area contributed by atoms with Gasteiger partial charge >= 0.3 is 5.97 Å². The van der Waals surface area contributed by atoms with E-state index < -0.39 is 0 Å². The molecule has 0 saturated heterocycles. The number of benzene rings is 1. The third-order valence-electron chi connectivity index (χ3n) is 3.81. The number of aryl methyl sites for hydroxylation is 1. The minimum Gasteiger partial charge on any atom is -0.449 e.